The van der Waals surface area contributed by atoms with Crippen LogP contribution < -0.4 is 9.41 Å². The van der Waals surface area contributed by atoms with E-state index in [1.807, 2.05) is 0 Å². The van der Waals surface area contributed by atoms with Crippen LogP contribution in [0.25, 0.3) is 10.8 Å². The van der Waals surface area contributed by atoms with Crippen molar-refractivity contribution in [3.8, 4) is 0 Å². The van der Waals surface area contributed by atoms with E-state index >= 15 is 0 Å². The van der Waals surface area contributed by atoms with Crippen molar-refractivity contribution >= 4 is 18.7 Å². The van der Waals surface area contributed by atoms with E-state index in [1.54, 1.807) is 10.9 Å². The topological polar surface area (TPSA) is 0 Å². The van der Waals surface area contributed by atoms with E-state index in [0.717, 1.165) is 6.42 Å². The SMILES string of the molecule is CCCCP1CC2=CC[C-]=C21.[F-].[F-].[Hf+4].c1ccc2[cH-]ccc2c1. The minimum Gasteiger partial charge on any atom is -1.00 e. The first-order valence-electron chi connectivity index (χ1n) is 7.54. The summed E-state index contributed by atoms with van der Waals surface area (Å²) in [6.07, 6.45) is 12.6. The Bertz CT molecular complexity index is 615. The molecule has 0 radical (unpaired) electrons. The van der Waals surface area contributed by atoms with Crippen LogP contribution in [0.5, 0.6) is 0 Å². The smallest absolute Gasteiger partial charge is 1.00 e. The van der Waals surface area contributed by atoms with Gasteiger partial charge in [-0.3, -0.25) is 6.08 Å². The molecule has 0 aromatic heterocycles. The summed E-state index contributed by atoms with van der Waals surface area (Å²) >= 11 is 0. The van der Waals surface area contributed by atoms with Gasteiger partial charge in [-0.1, -0.05) is 25.6 Å². The maximum Gasteiger partial charge on any atom is 4.00 e. The van der Waals surface area contributed by atoms with Crippen LogP contribution in [0.1, 0.15) is 26.2 Å². The van der Waals surface area contributed by atoms with Crippen molar-refractivity contribution in [1.29, 1.82) is 0 Å². The Morgan fingerprint density at radius 1 is 1.17 bits per heavy atom. The van der Waals surface area contributed by atoms with Crippen LogP contribution in [-0.4, -0.2) is 12.3 Å². The summed E-state index contributed by atoms with van der Waals surface area (Å²) in [6, 6.07) is 14.7. The Morgan fingerprint density at radius 3 is 2.65 bits per heavy atom. The summed E-state index contributed by atoms with van der Waals surface area (Å²) in [5.74, 6) is 0. The van der Waals surface area contributed by atoms with E-state index in [1.165, 1.54) is 35.9 Å². The molecule has 1 unspecified atom stereocenters. The molecule has 2 aromatic rings. The zero-order valence-corrected chi connectivity index (χ0v) is 17.8. The third-order valence-electron chi connectivity index (χ3n) is 3.93. The van der Waals surface area contributed by atoms with E-state index in [2.05, 4.69) is 61.5 Å². The van der Waals surface area contributed by atoms with Crippen molar-refractivity contribution in [2.75, 3.05) is 12.3 Å². The molecular weight excluding hydrogens is 476 g/mol. The largest absolute Gasteiger partial charge is 4.00 e. The van der Waals surface area contributed by atoms with Crippen LogP contribution in [0.2, 0.25) is 0 Å². The number of unbranched alkanes of at least 4 members (excludes halogenated alkanes) is 1. The molecule has 1 heterocycles. The van der Waals surface area contributed by atoms with Crippen molar-refractivity contribution < 1.29 is 35.3 Å². The monoisotopic (exact) mass is 498 g/mol. The predicted molar refractivity (Wildman–Crippen MR) is 90.6 cm³/mol. The Labute approximate surface area is 157 Å². The van der Waals surface area contributed by atoms with E-state index in [9.17, 15) is 0 Å². The molecule has 1 atom stereocenters. The van der Waals surface area contributed by atoms with Gasteiger partial charge in [0.25, 0.3) is 0 Å². The van der Waals surface area contributed by atoms with Crippen LogP contribution >= 0.6 is 7.92 Å². The molecule has 4 heteroatoms. The Morgan fingerprint density at radius 2 is 1.96 bits per heavy atom. The fraction of sp³-hybridized carbons (Fsp3) is 0.316. The molecule has 120 valence electrons. The maximum atomic E-state index is 3.47. The maximum absolute atomic E-state index is 3.47. The molecule has 0 bridgehead atoms. The van der Waals surface area contributed by atoms with Gasteiger partial charge in [0, 0.05) is 0 Å². The van der Waals surface area contributed by atoms with Gasteiger partial charge in [0.15, 0.2) is 0 Å². The summed E-state index contributed by atoms with van der Waals surface area (Å²) in [5, 5.41) is 4.29. The third-order valence-corrected chi connectivity index (χ3v) is 6.58. The average Bonchev–Trinajstić information content (AvgIpc) is 3.07. The van der Waals surface area contributed by atoms with Gasteiger partial charge in [-0.25, -0.2) is 0 Å². The molecule has 0 amide bonds. The van der Waals surface area contributed by atoms with Crippen molar-refractivity contribution in [2.24, 2.45) is 0 Å². The molecule has 1 fully saturated rings. The summed E-state index contributed by atoms with van der Waals surface area (Å²) in [5.41, 5.74) is 1.63. The second kappa shape index (κ2) is 11.1. The number of hydrogen-bond donors (Lipinski definition) is 0. The first-order chi connectivity index (χ1) is 9.88. The zero-order valence-electron chi connectivity index (χ0n) is 13.4. The van der Waals surface area contributed by atoms with Gasteiger partial charge >= 0.3 is 25.8 Å². The van der Waals surface area contributed by atoms with Gasteiger partial charge in [-0.05, 0) is 12.6 Å². The minimum absolute atomic E-state index is 0. The first-order valence-corrected chi connectivity index (χ1v) is 9.25. The fourth-order valence-corrected chi connectivity index (χ4v) is 5.30. The molecular formula is C19H21F2HfP. The Balaban J connectivity index is 0.000000377. The number of hydrogen-bond acceptors (Lipinski definition) is 0. The fourth-order valence-electron chi connectivity index (χ4n) is 2.74. The van der Waals surface area contributed by atoms with Crippen LogP contribution in [0.15, 0.2) is 59.4 Å². The van der Waals surface area contributed by atoms with Gasteiger partial charge in [-0.15, -0.1) is 44.0 Å². The third kappa shape index (κ3) is 5.50. The summed E-state index contributed by atoms with van der Waals surface area (Å²) in [4.78, 5) is 0. The molecule has 0 N–H and O–H groups in total. The first kappa shape index (κ1) is 22.5. The quantitative estimate of drug-likeness (QED) is 0.315. The average molecular weight is 497 g/mol. The van der Waals surface area contributed by atoms with Crippen molar-refractivity contribution in [3.63, 3.8) is 0 Å². The van der Waals surface area contributed by atoms with Gasteiger partial charge in [-0.2, -0.15) is 34.5 Å². The molecule has 1 aliphatic heterocycles. The van der Waals surface area contributed by atoms with E-state index in [-0.39, 0.29) is 35.3 Å². The Kier molecular flexibility index (Phi) is 10.8. The molecule has 0 saturated carbocycles. The van der Waals surface area contributed by atoms with Gasteiger partial charge in [0.1, 0.15) is 0 Å². The summed E-state index contributed by atoms with van der Waals surface area (Å²) < 4.78 is 0. The zero-order chi connectivity index (χ0) is 13.8. The molecule has 2 aliphatic rings. The molecule has 1 aliphatic carbocycles. The molecule has 23 heavy (non-hydrogen) atoms. The number of halogens is 2. The van der Waals surface area contributed by atoms with Gasteiger partial charge in [0.05, 0.1) is 0 Å². The van der Waals surface area contributed by atoms with Gasteiger partial charge < -0.3 is 9.41 Å². The van der Waals surface area contributed by atoms with E-state index < -0.39 is 0 Å². The van der Waals surface area contributed by atoms with Gasteiger partial charge in [0.2, 0.25) is 0 Å². The summed E-state index contributed by atoms with van der Waals surface area (Å²) in [6.45, 7) is 2.28. The van der Waals surface area contributed by atoms with Crippen LogP contribution in [-0.2, 0) is 25.8 Å². The minimum atomic E-state index is 0. The molecule has 0 spiro atoms. The molecule has 4 rings (SSSR count). The molecule has 1 saturated heterocycles. The van der Waals surface area contributed by atoms with Crippen LogP contribution in [0.4, 0.5) is 0 Å². The number of rotatable bonds is 3. The van der Waals surface area contributed by atoms with Crippen molar-refractivity contribution in [1.82, 2.24) is 0 Å². The van der Waals surface area contributed by atoms with E-state index in [4.69, 9.17) is 0 Å². The number of fused-ring (bicyclic) bond motifs is 2. The van der Waals surface area contributed by atoms with Crippen molar-refractivity contribution in [2.45, 2.75) is 26.2 Å². The normalized spacial score (nSPS) is 17.0. The van der Waals surface area contributed by atoms with Crippen molar-refractivity contribution in [3.05, 3.63) is 65.5 Å². The standard InChI is InChI=1S/C10H14P.C9H7.2FH.Hf/c1-2-3-7-11-8-9-5-4-6-10(9)11;1-2-5-9-7-3-6-8(9)4-1;;;/h5H,2-4,7-8H2,1H3;1-7H;2*1H;/q2*-1;;;+4/p-2. The second-order valence-electron chi connectivity index (χ2n) is 5.39. The van der Waals surface area contributed by atoms with Crippen LogP contribution in [0.3, 0.4) is 0 Å². The molecule has 2 aromatic carbocycles. The predicted octanol–water partition coefficient (Wildman–Crippen LogP) is -0.137. The molecule has 0 nitrogen and oxygen atoms in total. The number of allylic oxidation sites excluding steroid dienone is 4. The summed E-state index contributed by atoms with van der Waals surface area (Å²) in [7, 11) is 0.293. The Hall–Kier alpha value is -0.530. The van der Waals surface area contributed by atoms with E-state index in [0.29, 0.717) is 7.92 Å². The number of benzene rings is 1. The van der Waals surface area contributed by atoms with Crippen LogP contribution in [0, 0.1) is 6.08 Å². The second-order valence-corrected chi connectivity index (χ2v) is 7.68.